The first-order valence-electron chi connectivity index (χ1n) is 5.91. The lowest BCUT2D eigenvalue weighted by Gasteiger charge is -2.18. The van der Waals surface area contributed by atoms with Crippen LogP contribution in [-0.4, -0.2) is 29.7 Å². The van der Waals surface area contributed by atoms with Gasteiger partial charge in [0.1, 0.15) is 0 Å². The van der Waals surface area contributed by atoms with Crippen LogP contribution in [-0.2, 0) is 6.54 Å². The first-order valence-corrected chi connectivity index (χ1v) is 5.91. The van der Waals surface area contributed by atoms with E-state index in [1.165, 1.54) is 16.7 Å². The molecule has 0 bridgehead atoms. The Morgan fingerprint density at radius 2 is 1.75 bits per heavy atom. The highest BCUT2D eigenvalue weighted by Gasteiger charge is 2.03. The van der Waals surface area contributed by atoms with Gasteiger partial charge in [-0.25, -0.2) is 0 Å². The predicted molar refractivity (Wildman–Crippen MR) is 68.5 cm³/mol. The molecule has 0 heterocycles. The van der Waals surface area contributed by atoms with E-state index in [1.807, 2.05) is 6.92 Å². The third-order valence-corrected chi connectivity index (χ3v) is 2.66. The van der Waals surface area contributed by atoms with Crippen molar-refractivity contribution >= 4 is 0 Å². The Labute approximate surface area is 98.9 Å². The summed E-state index contributed by atoms with van der Waals surface area (Å²) in [6.07, 6.45) is 0.628. The van der Waals surface area contributed by atoms with Crippen LogP contribution in [0.15, 0.2) is 18.2 Å². The number of aliphatic hydroxyl groups is 1. The Morgan fingerprint density at radius 1 is 1.19 bits per heavy atom. The molecule has 0 radical (unpaired) electrons. The van der Waals surface area contributed by atoms with E-state index < -0.39 is 0 Å². The van der Waals surface area contributed by atoms with Crippen LogP contribution in [0.3, 0.4) is 0 Å². The third kappa shape index (κ3) is 4.77. The van der Waals surface area contributed by atoms with E-state index in [0.717, 1.165) is 19.5 Å². The van der Waals surface area contributed by atoms with E-state index in [1.54, 1.807) is 0 Å². The molecule has 2 nitrogen and oxygen atoms in total. The molecule has 0 aliphatic carbocycles. The molecule has 0 spiro atoms. The van der Waals surface area contributed by atoms with Crippen molar-refractivity contribution in [3.63, 3.8) is 0 Å². The number of benzene rings is 1. The van der Waals surface area contributed by atoms with E-state index >= 15 is 0 Å². The lowest BCUT2D eigenvalue weighted by atomic mass is 10.1. The van der Waals surface area contributed by atoms with E-state index in [0.29, 0.717) is 0 Å². The maximum Gasteiger partial charge on any atom is 0.0524 e. The Morgan fingerprint density at radius 3 is 2.25 bits per heavy atom. The van der Waals surface area contributed by atoms with Crippen molar-refractivity contribution in [1.82, 2.24) is 4.90 Å². The van der Waals surface area contributed by atoms with Crippen LogP contribution in [0.4, 0.5) is 0 Å². The van der Waals surface area contributed by atoms with E-state index in [2.05, 4.69) is 44.0 Å². The summed E-state index contributed by atoms with van der Waals surface area (Å²) in [5.74, 6) is 0. The summed E-state index contributed by atoms with van der Waals surface area (Å²) >= 11 is 0. The second kappa shape index (κ2) is 6.02. The molecule has 0 aliphatic rings. The second-order valence-corrected chi connectivity index (χ2v) is 4.87. The maximum atomic E-state index is 9.23. The highest BCUT2D eigenvalue weighted by Crippen LogP contribution is 2.11. The highest BCUT2D eigenvalue weighted by molar-refractivity contribution is 5.28. The van der Waals surface area contributed by atoms with Gasteiger partial charge in [-0.3, -0.25) is 0 Å². The Bertz CT molecular complexity index is 313. The summed E-state index contributed by atoms with van der Waals surface area (Å²) in [7, 11) is 2.10. The summed E-state index contributed by atoms with van der Waals surface area (Å²) in [4.78, 5) is 2.25. The number of aryl methyl sites for hydroxylation is 2. The Hall–Kier alpha value is -0.860. The van der Waals surface area contributed by atoms with Crippen LogP contribution in [0.2, 0.25) is 0 Å². The maximum absolute atomic E-state index is 9.23. The van der Waals surface area contributed by atoms with E-state index in [9.17, 15) is 5.11 Å². The van der Waals surface area contributed by atoms with Gasteiger partial charge in [0.15, 0.2) is 0 Å². The van der Waals surface area contributed by atoms with Gasteiger partial charge in [0, 0.05) is 13.1 Å². The van der Waals surface area contributed by atoms with Gasteiger partial charge in [0.05, 0.1) is 6.10 Å². The van der Waals surface area contributed by atoms with E-state index in [-0.39, 0.29) is 6.10 Å². The van der Waals surface area contributed by atoms with Crippen LogP contribution >= 0.6 is 0 Å². The van der Waals surface area contributed by atoms with Gasteiger partial charge in [-0.15, -0.1) is 0 Å². The molecule has 0 amide bonds. The summed E-state index contributed by atoms with van der Waals surface area (Å²) in [5, 5.41) is 9.23. The van der Waals surface area contributed by atoms with Crippen LogP contribution in [0.5, 0.6) is 0 Å². The third-order valence-electron chi connectivity index (χ3n) is 2.66. The van der Waals surface area contributed by atoms with Gasteiger partial charge in [0.25, 0.3) is 0 Å². The standard InChI is InChI=1S/C14H23NO/c1-11-7-12(2)9-14(8-11)10-15(4)6-5-13(3)16/h7-9,13,16H,5-6,10H2,1-4H3. The zero-order chi connectivity index (χ0) is 12.1. The minimum Gasteiger partial charge on any atom is -0.393 e. The molecule has 2 heteroatoms. The molecular weight excluding hydrogens is 198 g/mol. The fraction of sp³-hybridized carbons (Fsp3) is 0.571. The van der Waals surface area contributed by atoms with Crippen molar-refractivity contribution in [1.29, 1.82) is 0 Å². The van der Waals surface area contributed by atoms with Crippen LogP contribution in [0.25, 0.3) is 0 Å². The molecule has 0 aromatic heterocycles. The lowest BCUT2D eigenvalue weighted by molar-refractivity contribution is 0.163. The SMILES string of the molecule is Cc1cc(C)cc(CN(C)CCC(C)O)c1. The van der Waals surface area contributed by atoms with Gasteiger partial charge in [-0.2, -0.15) is 0 Å². The molecule has 1 atom stereocenters. The van der Waals surface area contributed by atoms with Crippen molar-refractivity contribution < 1.29 is 5.11 Å². The second-order valence-electron chi connectivity index (χ2n) is 4.87. The van der Waals surface area contributed by atoms with E-state index in [4.69, 9.17) is 0 Å². The smallest absolute Gasteiger partial charge is 0.0524 e. The van der Waals surface area contributed by atoms with Crippen LogP contribution in [0.1, 0.15) is 30.0 Å². The lowest BCUT2D eigenvalue weighted by Crippen LogP contribution is -2.22. The molecule has 16 heavy (non-hydrogen) atoms. The predicted octanol–water partition coefficient (Wildman–Crippen LogP) is 2.51. The first-order chi connectivity index (χ1) is 7.47. The minimum absolute atomic E-state index is 0.207. The summed E-state index contributed by atoms with van der Waals surface area (Å²) in [5.41, 5.74) is 3.99. The largest absolute Gasteiger partial charge is 0.393 e. The molecule has 1 aromatic rings. The molecule has 1 rings (SSSR count). The normalized spacial score (nSPS) is 13.1. The van der Waals surface area contributed by atoms with Gasteiger partial charge in [-0.05, 0) is 39.8 Å². The van der Waals surface area contributed by atoms with Crippen molar-refractivity contribution in [2.45, 2.75) is 39.8 Å². The van der Waals surface area contributed by atoms with Crippen molar-refractivity contribution in [2.24, 2.45) is 0 Å². The Balaban J connectivity index is 2.52. The molecule has 0 fully saturated rings. The molecule has 0 saturated heterocycles. The van der Waals surface area contributed by atoms with Crippen LogP contribution in [0, 0.1) is 13.8 Å². The number of aliphatic hydroxyl groups excluding tert-OH is 1. The van der Waals surface area contributed by atoms with Gasteiger partial charge < -0.3 is 10.0 Å². The quantitative estimate of drug-likeness (QED) is 0.826. The monoisotopic (exact) mass is 221 g/mol. The zero-order valence-electron chi connectivity index (χ0n) is 10.8. The number of rotatable bonds is 5. The van der Waals surface area contributed by atoms with Crippen molar-refractivity contribution in [2.75, 3.05) is 13.6 Å². The average molecular weight is 221 g/mol. The molecular formula is C14H23NO. The highest BCUT2D eigenvalue weighted by atomic mass is 16.3. The number of hydrogen-bond acceptors (Lipinski definition) is 2. The van der Waals surface area contributed by atoms with Crippen molar-refractivity contribution in [3.8, 4) is 0 Å². The van der Waals surface area contributed by atoms with Gasteiger partial charge in [-0.1, -0.05) is 29.3 Å². The van der Waals surface area contributed by atoms with Gasteiger partial charge >= 0.3 is 0 Å². The minimum atomic E-state index is -0.207. The summed E-state index contributed by atoms with van der Waals surface area (Å²) in [6.45, 7) is 7.99. The first kappa shape index (κ1) is 13.2. The number of hydrogen-bond donors (Lipinski definition) is 1. The van der Waals surface area contributed by atoms with Crippen molar-refractivity contribution in [3.05, 3.63) is 34.9 Å². The Kier molecular flexibility index (Phi) is 4.97. The molecule has 1 unspecified atom stereocenters. The fourth-order valence-electron chi connectivity index (χ4n) is 1.96. The fourth-order valence-corrected chi connectivity index (χ4v) is 1.96. The molecule has 0 aliphatic heterocycles. The topological polar surface area (TPSA) is 23.5 Å². The van der Waals surface area contributed by atoms with Crippen LogP contribution < -0.4 is 0 Å². The number of nitrogens with zero attached hydrogens (tertiary/aromatic N) is 1. The molecule has 1 N–H and O–H groups in total. The molecule has 1 aromatic carbocycles. The molecule has 0 saturated carbocycles. The average Bonchev–Trinajstić information content (AvgIpc) is 2.12. The zero-order valence-corrected chi connectivity index (χ0v) is 10.8. The summed E-state index contributed by atoms with van der Waals surface area (Å²) < 4.78 is 0. The van der Waals surface area contributed by atoms with Gasteiger partial charge in [0.2, 0.25) is 0 Å². The molecule has 90 valence electrons. The summed E-state index contributed by atoms with van der Waals surface area (Å²) in [6, 6.07) is 6.65.